The highest BCUT2D eigenvalue weighted by Gasteiger charge is 1.97. The summed E-state index contributed by atoms with van der Waals surface area (Å²) in [5, 5.41) is 5.20. The molecule has 0 aliphatic rings. The summed E-state index contributed by atoms with van der Waals surface area (Å²) in [4.78, 5) is 4.34. The van der Waals surface area contributed by atoms with Crippen molar-refractivity contribution in [2.24, 2.45) is 0 Å². The normalized spacial score (nSPS) is 9.85. The van der Waals surface area contributed by atoms with Crippen molar-refractivity contribution in [1.82, 2.24) is 10.3 Å². The van der Waals surface area contributed by atoms with Crippen LogP contribution < -0.4 is 5.32 Å². The molecule has 2 nitrogen and oxygen atoms in total. The molecule has 0 spiro atoms. The van der Waals surface area contributed by atoms with E-state index in [0.717, 1.165) is 22.3 Å². The highest BCUT2D eigenvalue weighted by atomic mass is 32.2. The Balaban J connectivity index is 2.10. The molecule has 0 saturated heterocycles. The summed E-state index contributed by atoms with van der Waals surface area (Å²) >= 11 is 3.47. The lowest BCUT2D eigenvalue weighted by molar-refractivity contribution is 0.818. The first-order chi connectivity index (χ1) is 6.33. The lowest BCUT2D eigenvalue weighted by Crippen LogP contribution is -2.16. The van der Waals surface area contributed by atoms with Gasteiger partial charge in [0, 0.05) is 23.4 Å². The SMILES string of the molecule is C#CCNCCSc1nc(C)cs1. The Kier molecular flexibility index (Phi) is 4.91. The van der Waals surface area contributed by atoms with Crippen LogP contribution >= 0.6 is 23.1 Å². The molecule has 4 heteroatoms. The van der Waals surface area contributed by atoms with Crippen LogP contribution in [0.3, 0.4) is 0 Å². The molecule has 0 bridgehead atoms. The number of nitrogens with one attached hydrogen (secondary N) is 1. The van der Waals surface area contributed by atoms with Gasteiger partial charge in [-0.2, -0.15) is 0 Å². The summed E-state index contributed by atoms with van der Waals surface area (Å²) in [7, 11) is 0. The van der Waals surface area contributed by atoms with Crippen molar-refractivity contribution in [3.63, 3.8) is 0 Å². The van der Waals surface area contributed by atoms with Crippen LogP contribution in [0.4, 0.5) is 0 Å². The number of hydrogen-bond acceptors (Lipinski definition) is 4. The summed E-state index contributed by atoms with van der Waals surface area (Å²) in [5.74, 6) is 3.56. The van der Waals surface area contributed by atoms with E-state index in [1.54, 1.807) is 23.1 Å². The van der Waals surface area contributed by atoms with E-state index < -0.39 is 0 Å². The van der Waals surface area contributed by atoms with Crippen LogP contribution in [0.5, 0.6) is 0 Å². The molecular formula is C9H12N2S2. The fraction of sp³-hybridized carbons (Fsp3) is 0.444. The van der Waals surface area contributed by atoms with Gasteiger partial charge in [-0.3, -0.25) is 0 Å². The third-order valence-electron chi connectivity index (χ3n) is 1.33. The van der Waals surface area contributed by atoms with Gasteiger partial charge in [0.2, 0.25) is 0 Å². The Morgan fingerprint density at radius 1 is 1.77 bits per heavy atom. The highest BCUT2D eigenvalue weighted by Crippen LogP contribution is 2.21. The first-order valence-corrected chi connectivity index (χ1v) is 5.88. The van der Waals surface area contributed by atoms with E-state index in [-0.39, 0.29) is 0 Å². The van der Waals surface area contributed by atoms with Crippen LogP contribution in [0.15, 0.2) is 9.72 Å². The Bertz CT molecular complexity index is 288. The smallest absolute Gasteiger partial charge is 0.150 e. The van der Waals surface area contributed by atoms with Crippen molar-refractivity contribution in [2.75, 3.05) is 18.8 Å². The highest BCUT2D eigenvalue weighted by molar-refractivity contribution is 8.01. The van der Waals surface area contributed by atoms with Gasteiger partial charge in [0.15, 0.2) is 0 Å². The molecule has 70 valence electrons. The van der Waals surface area contributed by atoms with Crippen molar-refractivity contribution in [2.45, 2.75) is 11.3 Å². The van der Waals surface area contributed by atoms with Gasteiger partial charge in [0.05, 0.1) is 6.54 Å². The summed E-state index contributed by atoms with van der Waals surface area (Å²) in [6.45, 7) is 3.60. The van der Waals surface area contributed by atoms with Crippen LogP contribution in [-0.4, -0.2) is 23.8 Å². The van der Waals surface area contributed by atoms with Gasteiger partial charge < -0.3 is 5.32 Å². The number of thiazole rings is 1. The summed E-state index contributed by atoms with van der Waals surface area (Å²) in [6, 6.07) is 0. The second kappa shape index (κ2) is 6.03. The predicted molar refractivity (Wildman–Crippen MR) is 59.3 cm³/mol. The molecule has 0 radical (unpaired) electrons. The van der Waals surface area contributed by atoms with E-state index in [0.29, 0.717) is 6.54 Å². The molecular weight excluding hydrogens is 200 g/mol. The van der Waals surface area contributed by atoms with Gasteiger partial charge >= 0.3 is 0 Å². The molecule has 0 atom stereocenters. The molecule has 1 rings (SSSR count). The zero-order valence-electron chi connectivity index (χ0n) is 7.54. The molecule has 13 heavy (non-hydrogen) atoms. The lowest BCUT2D eigenvalue weighted by Gasteiger charge is -1.97. The summed E-state index contributed by atoms with van der Waals surface area (Å²) in [6.07, 6.45) is 5.10. The number of aryl methyl sites for hydroxylation is 1. The van der Waals surface area contributed by atoms with Crippen molar-refractivity contribution in [1.29, 1.82) is 0 Å². The third-order valence-corrected chi connectivity index (χ3v) is 3.47. The van der Waals surface area contributed by atoms with Crippen LogP contribution in [0.2, 0.25) is 0 Å². The number of hydrogen-bond donors (Lipinski definition) is 1. The minimum atomic E-state index is 0.650. The summed E-state index contributed by atoms with van der Waals surface area (Å²) in [5.41, 5.74) is 1.10. The number of thioether (sulfide) groups is 1. The average Bonchev–Trinajstić information content (AvgIpc) is 2.51. The molecule has 0 aliphatic heterocycles. The van der Waals surface area contributed by atoms with Crippen molar-refractivity contribution < 1.29 is 0 Å². The molecule has 0 aromatic carbocycles. The number of terminal acetylenes is 1. The first kappa shape index (κ1) is 10.6. The maximum absolute atomic E-state index is 5.10. The topological polar surface area (TPSA) is 24.9 Å². The van der Waals surface area contributed by atoms with E-state index in [2.05, 4.69) is 21.6 Å². The molecule has 0 fully saturated rings. The van der Waals surface area contributed by atoms with Crippen molar-refractivity contribution in [3.8, 4) is 12.3 Å². The largest absolute Gasteiger partial charge is 0.305 e. The third kappa shape index (κ3) is 4.32. The van der Waals surface area contributed by atoms with Gasteiger partial charge in [-0.05, 0) is 6.92 Å². The minimum Gasteiger partial charge on any atom is -0.305 e. The lowest BCUT2D eigenvalue weighted by atomic mass is 10.6. The minimum absolute atomic E-state index is 0.650. The quantitative estimate of drug-likeness (QED) is 0.457. The van der Waals surface area contributed by atoms with Crippen molar-refractivity contribution >= 4 is 23.1 Å². The van der Waals surface area contributed by atoms with E-state index in [9.17, 15) is 0 Å². The van der Waals surface area contributed by atoms with E-state index in [1.807, 2.05) is 6.92 Å². The van der Waals surface area contributed by atoms with Crippen LogP contribution in [0, 0.1) is 19.3 Å². The standard InChI is InChI=1S/C9H12N2S2/c1-3-4-10-5-6-12-9-11-8(2)7-13-9/h1,7,10H,4-6H2,2H3. The Hall–Kier alpha value is -0.500. The fourth-order valence-electron chi connectivity index (χ4n) is 0.770. The molecule has 1 aromatic rings. The molecule has 0 aliphatic carbocycles. The Labute approximate surface area is 87.2 Å². The monoisotopic (exact) mass is 212 g/mol. The Morgan fingerprint density at radius 2 is 2.62 bits per heavy atom. The van der Waals surface area contributed by atoms with Gasteiger partial charge in [-0.15, -0.1) is 17.8 Å². The fourth-order valence-corrected chi connectivity index (χ4v) is 2.59. The van der Waals surface area contributed by atoms with Crippen LogP contribution in [0.25, 0.3) is 0 Å². The molecule has 0 saturated carbocycles. The van der Waals surface area contributed by atoms with Gasteiger partial charge in [0.25, 0.3) is 0 Å². The average molecular weight is 212 g/mol. The van der Waals surface area contributed by atoms with Crippen LogP contribution in [0.1, 0.15) is 5.69 Å². The molecule has 1 aromatic heterocycles. The zero-order valence-corrected chi connectivity index (χ0v) is 9.17. The van der Waals surface area contributed by atoms with E-state index >= 15 is 0 Å². The van der Waals surface area contributed by atoms with Gasteiger partial charge in [-0.1, -0.05) is 17.7 Å². The second-order valence-electron chi connectivity index (χ2n) is 2.48. The van der Waals surface area contributed by atoms with E-state index in [4.69, 9.17) is 6.42 Å². The number of rotatable bonds is 5. The van der Waals surface area contributed by atoms with E-state index in [1.165, 1.54) is 0 Å². The predicted octanol–water partition coefficient (Wildman–Crippen LogP) is 1.77. The van der Waals surface area contributed by atoms with Crippen molar-refractivity contribution in [3.05, 3.63) is 11.1 Å². The molecule has 1 N–H and O–H groups in total. The molecule has 0 amide bonds. The maximum atomic E-state index is 5.10. The molecule has 0 unspecified atom stereocenters. The first-order valence-electron chi connectivity index (χ1n) is 4.02. The summed E-state index contributed by atoms with van der Waals surface area (Å²) < 4.78 is 1.14. The number of nitrogens with zero attached hydrogens (tertiary/aromatic N) is 1. The molecule has 1 heterocycles. The van der Waals surface area contributed by atoms with Gasteiger partial charge in [-0.25, -0.2) is 4.98 Å². The maximum Gasteiger partial charge on any atom is 0.150 e. The van der Waals surface area contributed by atoms with Gasteiger partial charge in [0.1, 0.15) is 4.34 Å². The van der Waals surface area contributed by atoms with Crippen LogP contribution in [-0.2, 0) is 0 Å². The Morgan fingerprint density at radius 3 is 3.23 bits per heavy atom. The number of aromatic nitrogens is 1. The zero-order chi connectivity index (χ0) is 9.52. The second-order valence-corrected chi connectivity index (χ2v) is 4.68.